The predicted molar refractivity (Wildman–Crippen MR) is 60.7 cm³/mol. The van der Waals surface area contributed by atoms with Crippen LogP contribution in [0.25, 0.3) is 0 Å². The first kappa shape index (κ1) is 13.4. The summed E-state index contributed by atoms with van der Waals surface area (Å²) in [5, 5.41) is 2.62. The summed E-state index contributed by atoms with van der Waals surface area (Å²) >= 11 is 0. The van der Waals surface area contributed by atoms with Gasteiger partial charge in [-0.2, -0.15) is 0 Å². The summed E-state index contributed by atoms with van der Waals surface area (Å²) < 4.78 is 31.3. The van der Waals surface area contributed by atoms with Gasteiger partial charge in [0.1, 0.15) is 17.3 Å². The van der Waals surface area contributed by atoms with Crippen LogP contribution in [0, 0.1) is 11.6 Å². The SMILES string of the molecule is CCOC(=O)CC(C)Nc1c(F)cccc1F. The minimum absolute atomic E-state index is 0.0572. The maximum Gasteiger partial charge on any atom is 0.307 e. The molecule has 0 aromatic heterocycles. The Morgan fingerprint density at radius 2 is 2.00 bits per heavy atom. The quantitative estimate of drug-likeness (QED) is 0.808. The van der Waals surface area contributed by atoms with Gasteiger partial charge in [-0.3, -0.25) is 4.79 Å². The summed E-state index contributed by atoms with van der Waals surface area (Å²) in [6, 6.07) is 3.19. The van der Waals surface area contributed by atoms with Crippen LogP contribution in [-0.4, -0.2) is 18.6 Å². The number of esters is 1. The molecule has 94 valence electrons. The second kappa shape index (κ2) is 6.18. The normalized spacial score (nSPS) is 12.0. The van der Waals surface area contributed by atoms with E-state index in [1.165, 1.54) is 6.07 Å². The zero-order chi connectivity index (χ0) is 12.8. The van der Waals surface area contributed by atoms with Crippen molar-refractivity contribution in [2.75, 3.05) is 11.9 Å². The minimum Gasteiger partial charge on any atom is -0.466 e. The fourth-order valence-electron chi connectivity index (χ4n) is 1.40. The third-order valence-electron chi connectivity index (χ3n) is 2.13. The van der Waals surface area contributed by atoms with E-state index in [-0.39, 0.29) is 12.1 Å². The van der Waals surface area contributed by atoms with Gasteiger partial charge in [0.25, 0.3) is 0 Å². The van der Waals surface area contributed by atoms with Gasteiger partial charge in [-0.25, -0.2) is 8.78 Å². The van der Waals surface area contributed by atoms with Crippen molar-refractivity contribution < 1.29 is 18.3 Å². The molecule has 0 saturated carbocycles. The van der Waals surface area contributed by atoms with E-state index in [0.29, 0.717) is 6.61 Å². The van der Waals surface area contributed by atoms with Gasteiger partial charge in [-0.15, -0.1) is 0 Å². The fraction of sp³-hybridized carbons (Fsp3) is 0.417. The van der Waals surface area contributed by atoms with E-state index in [4.69, 9.17) is 4.74 Å². The van der Waals surface area contributed by atoms with E-state index in [1.54, 1.807) is 13.8 Å². The molecule has 0 saturated heterocycles. The molecule has 1 aromatic rings. The third kappa shape index (κ3) is 4.01. The average Bonchev–Trinajstić information content (AvgIpc) is 2.24. The highest BCUT2D eigenvalue weighted by Crippen LogP contribution is 2.19. The molecule has 0 bridgehead atoms. The molecule has 1 aromatic carbocycles. The van der Waals surface area contributed by atoms with Crippen LogP contribution in [0.4, 0.5) is 14.5 Å². The molecule has 1 atom stereocenters. The molecule has 0 aliphatic rings. The lowest BCUT2D eigenvalue weighted by atomic mass is 10.2. The van der Waals surface area contributed by atoms with E-state index in [2.05, 4.69) is 5.32 Å². The first-order valence-electron chi connectivity index (χ1n) is 5.40. The zero-order valence-corrected chi connectivity index (χ0v) is 9.80. The van der Waals surface area contributed by atoms with Crippen LogP contribution in [0.3, 0.4) is 0 Å². The van der Waals surface area contributed by atoms with Gasteiger partial charge >= 0.3 is 5.97 Å². The molecule has 1 N–H and O–H groups in total. The van der Waals surface area contributed by atoms with Gasteiger partial charge in [-0.1, -0.05) is 6.07 Å². The molecule has 3 nitrogen and oxygen atoms in total. The van der Waals surface area contributed by atoms with E-state index in [0.717, 1.165) is 12.1 Å². The Kier molecular flexibility index (Phi) is 4.87. The number of nitrogens with one attached hydrogen (secondary N) is 1. The predicted octanol–water partition coefficient (Wildman–Crippen LogP) is 2.72. The van der Waals surface area contributed by atoms with Crippen LogP contribution in [0.1, 0.15) is 20.3 Å². The van der Waals surface area contributed by atoms with E-state index in [9.17, 15) is 13.6 Å². The molecular weight excluding hydrogens is 228 g/mol. The maximum atomic E-state index is 13.3. The minimum atomic E-state index is -0.680. The van der Waals surface area contributed by atoms with E-state index >= 15 is 0 Å². The highest BCUT2D eigenvalue weighted by molar-refractivity contribution is 5.70. The number of anilines is 1. The van der Waals surface area contributed by atoms with E-state index in [1.807, 2.05) is 0 Å². The average molecular weight is 243 g/mol. The van der Waals surface area contributed by atoms with Gasteiger partial charge in [-0.05, 0) is 26.0 Å². The monoisotopic (exact) mass is 243 g/mol. The number of carbonyl (C=O) groups excluding carboxylic acids is 1. The number of carbonyl (C=O) groups is 1. The van der Waals surface area contributed by atoms with Crippen molar-refractivity contribution >= 4 is 11.7 Å². The van der Waals surface area contributed by atoms with Crippen LogP contribution in [0.2, 0.25) is 0 Å². The molecule has 0 fully saturated rings. The Hall–Kier alpha value is -1.65. The summed E-state index contributed by atoms with van der Waals surface area (Å²) in [5.41, 5.74) is -0.218. The third-order valence-corrected chi connectivity index (χ3v) is 2.13. The summed E-state index contributed by atoms with van der Waals surface area (Å²) in [5.74, 6) is -1.76. The van der Waals surface area contributed by atoms with Crippen molar-refractivity contribution in [3.8, 4) is 0 Å². The van der Waals surface area contributed by atoms with Crippen molar-refractivity contribution in [3.63, 3.8) is 0 Å². The van der Waals surface area contributed by atoms with Crippen LogP contribution < -0.4 is 5.32 Å². The lowest BCUT2D eigenvalue weighted by Crippen LogP contribution is -2.22. The van der Waals surface area contributed by atoms with Crippen molar-refractivity contribution in [2.24, 2.45) is 0 Å². The van der Waals surface area contributed by atoms with Crippen LogP contribution in [-0.2, 0) is 9.53 Å². The lowest BCUT2D eigenvalue weighted by molar-refractivity contribution is -0.143. The molecule has 0 heterocycles. The van der Waals surface area contributed by atoms with Gasteiger partial charge < -0.3 is 10.1 Å². The number of rotatable bonds is 5. The van der Waals surface area contributed by atoms with E-state index < -0.39 is 23.6 Å². The van der Waals surface area contributed by atoms with Crippen LogP contribution in [0.5, 0.6) is 0 Å². The van der Waals surface area contributed by atoms with Crippen molar-refractivity contribution in [1.82, 2.24) is 0 Å². The number of para-hydroxylation sites is 1. The van der Waals surface area contributed by atoms with Gasteiger partial charge in [0, 0.05) is 6.04 Å². The number of halogens is 2. The first-order valence-corrected chi connectivity index (χ1v) is 5.40. The van der Waals surface area contributed by atoms with Crippen molar-refractivity contribution in [3.05, 3.63) is 29.8 Å². The number of hydrogen-bond donors (Lipinski definition) is 1. The molecule has 0 radical (unpaired) electrons. The maximum absolute atomic E-state index is 13.3. The Bertz CT molecular complexity index is 376. The Labute approximate surface area is 98.8 Å². The molecule has 0 aliphatic heterocycles. The molecule has 1 unspecified atom stereocenters. The van der Waals surface area contributed by atoms with Gasteiger partial charge in [0.05, 0.1) is 13.0 Å². The first-order chi connectivity index (χ1) is 8.04. The smallest absolute Gasteiger partial charge is 0.307 e. The topological polar surface area (TPSA) is 38.3 Å². The van der Waals surface area contributed by atoms with Gasteiger partial charge in [0.15, 0.2) is 0 Å². The Morgan fingerprint density at radius 1 is 1.41 bits per heavy atom. The summed E-state index contributed by atoms with van der Waals surface area (Å²) in [6.45, 7) is 3.65. The molecule has 17 heavy (non-hydrogen) atoms. The lowest BCUT2D eigenvalue weighted by Gasteiger charge is -2.15. The van der Waals surface area contributed by atoms with Crippen LogP contribution >= 0.6 is 0 Å². The summed E-state index contributed by atoms with van der Waals surface area (Å²) in [6.07, 6.45) is 0.0572. The summed E-state index contributed by atoms with van der Waals surface area (Å²) in [7, 11) is 0. The molecule has 0 spiro atoms. The Balaban J connectivity index is 2.62. The molecule has 0 aliphatic carbocycles. The number of ether oxygens (including phenoxy) is 1. The highest BCUT2D eigenvalue weighted by Gasteiger charge is 2.14. The van der Waals surface area contributed by atoms with Crippen molar-refractivity contribution in [1.29, 1.82) is 0 Å². The molecule has 1 rings (SSSR count). The molecular formula is C12H15F2NO2. The number of benzene rings is 1. The second-order valence-corrected chi connectivity index (χ2v) is 3.65. The number of hydrogen-bond acceptors (Lipinski definition) is 3. The second-order valence-electron chi connectivity index (χ2n) is 3.65. The zero-order valence-electron chi connectivity index (χ0n) is 9.80. The van der Waals surface area contributed by atoms with Crippen molar-refractivity contribution in [2.45, 2.75) is 26.3 Å². The fourth-order valence-corrected chi connectivity index (χ4v) is 1.40. The largest absolute Gasteiger partial charge is 0.466 e. The highest BCUT2D eigenvalue weighted by atomic mass is 19.1. The molecule has 0 amide bonds. The molecule has 5 heteroatoms. The van der Waals surface area contributed by atoms with Gasteiger partial charge in [0.2, 0.25) is 0 Å². The Morgan fingerprint density at radius 3 is 2.53 bits per heavy atom. The standard InChI is InChI=1S/C12H15F2NO2/c1-3-17-11(16)7-8(2)15-12-9(13)5-4-6-10(12)14/h4-6,8,15H,3,7H2,1-2H3. The summed E-state index contributed by atoms with van der Waals surface area (Å²) in [4.78, 5) is 11.2. The van der Waals surface area contributed by atoms with Crippen LogP contribution in [0.15, 0.2) is 18.2 Å².